The highest BCUT2D eigenvalue weighted by Crippen LogP contribution is 2.17. The molecule has 0 heterocycles. The van der Waals surface area contributed by atoms with Crippen LogP contribution >= 0.6 is 0 Å². The number of halogens is 1. The van der Waals surface area contributed by atoms with Gasteiger partial charge in [-0.3, -0.25) is 0 Å². The van der Waals surface area contributed by atoms with Gasteiger partial charge in [-0.15, -0.1) is 0 Å². The van der Waals surface area contributed by atoms with Gasteiger partial charge in [0, 0.05) is 12.6 Å². The zero-order valence-corrected chi connectivity index (χ0v) is 9.40. The molecule has 0 aliphatic heterocycles. The van der Waals surface area contributed by atoms with Crippen LogP contribution in [-0.2, 0) is 13.2 Å². The Morgan fingerprint density at radius 2 is 1.76 bits per heavy atom. The summed E-state index contributed by atoms with van der Waals surface area (Å²) in [6.45, 7) is 0.730. The molecule has 0 radical (unpaired) electrons. The Labute approximate surface area is 99.8 Å². The lowest BCUT2D eigenvalue weighted by Gasteiger charge is -2.08. The molecule has 2 nitrogen and oxygen atoms in total. The maximum absolute atomic E-state index is 13.2. The fourth-order valence-electron chi connectivity index (χ4n) is 1.56. The minimum atomic E-state index is -0.323. The van der Waals surface area contributed by atoms with Gasteiger partial charge in [0.05, 0.1) is 0 Å². The monoisotopic (exact) mass is 231 g/mol. The van der Waals surface area contributed by atoms with Crippen molar-refractivity contribution in [2.75, 3.05) is 0 Å². The lowest BCUT2D eigenvalue weighted by atomic mass is 10.2. The molecular formula is C14H14FNO. The summed E-state index contributed by atoms with van der Waals surface area (Å²) in [6.07, 6.45) is 0. The number of ether oxygens (including phenoxy) is 1. The van der Waals surface area contributed by atoms with Gasteiger partial charge in [-0.1, -0.05) is 30.3 Å². The standard InChI is InChI=1S/C14H14FNO/c15-13-6-12(9-16)7-14(8-13)17-10-11-4-2-1-3-5-11/h1-8H,9-10,16H2. The molecule has 0 atom stereocenters. The molecule has 88 valence electrons. The van der Waals surface area contributed by atoms with Crippen LogP contribution in [0.5, 0.6) is 5.75 Å². The predicted octanol–water partition coefficient (Wildman–Crippen LogP) is 2.86. The van der Waals surface area contributed by atoms with E-state index in [1.807, 2.05) is 30.3 Å². The fraction of sp³-hybridized carbons (Fsp3) is 0.143. The van der Waals surface area contributed by atoms with Crippen LogP contribution in [0.15, 0.2) is 48.5 Å². The van der Waals surface area contributed by atoms with Gasteiger partial charge in [-0.2, -0.15) is 0 Å². The predicted molar refractivity (Wildman–Crippen MR) is 65.1 cm³/mol. The number of rotatable bonds is 4. The van der Waals surface area contributed by atoms with Crippen molar-refractivity contribution in [1.82, 2.24) is 0 Å². The third kappa shape index (κ3) is 3.29. The molecule has 3 heteroatoms. The molecule has 0 amide bonds. The average Bonchev–Trinajstić information content (AvgIpc) is 2.37. The van der Waals surface area contributed by atoms with Crippen LogP contribution in [0.25, 0.3) is 0 Å². The third-order valence-corrected chi connectivity index (χ3v) is 2.42. The molecule has 0 bridgehead atoms. The van der Waals surface area contributed by atoms with Gasteiger partial charge in [0.1, 0.15) is 18.2 Å². The van der Waals surface area contributed by atoms with Gasteiger partial charge >= 0.3 is 0 Å². The quantitative estimate of drug-likeness (QED) is 0.878. The Kier molecular flexibility index (Phi) is 3.73. The van der Waals surface area contributed by atoms with E-state index in [0.717, 1.165) is 11.1 Å². The first kappa shape index (κ1) is 11.6. The van der Waals surface area contributed by atoms with Crippen molar-refractivity contribution in [2.24, 2.45) is 5.73 Å². The van der Waals surface area contributed by atoms with E-state index in [-0.39, 0.29) is 5.82 Å². The first-order chi connectivity index (χ1) is 8.28. The van der Waals surface area contributed by atoms with Crippen molar-refractivity contribution < 1.29 is 9.13 Å². The van der Waals surface area contributed by atoms with Crippen LogP contribution in [0.1, 0.15) is 11.1 Å². The average molecular weight is 231 g/mol. The molecule has 2 aromatic rings. The van der Waals surface area contributed by atoms with Crippen LogP contribution < -0.4 is 10.5 Å². The second-order valence-corrected chi connectivity index (χ2v) is 3.77. The molecule has 0 spiro atoms. The van der Waals surface area contributed by atoms with Gasteiger partial charge < -0.3 is 10.5 Å². The molecular weight excluding hydrogens is 217 g/mol. The number of benzene rings is 2. The molecule has 0 unspecified atom stereocenters. The van der Waals surface area contributed by atoms with Crippen LogP contribution in [0.3, 0.4) is 0 Å². The third-order valence-electron chi connectivity index (χ3n) is 2.42. The summed E-state index contributed by atoms with van der Waals surface area (Å²) in [4.78, 5) is 0. The summed E-state index contributed by atoms with van der Waals surface area (Å²) in [5, 5.41) is 0. The summed E-state index contributed by atoms with van der Waals surface area (Å²) in [5.74, 6) is 0.185. The summed E-state index contributed by atoms with van der Waals surface area (Å²) in [6, 6.07) is 14.3. The van der Waals surface area contributed by atoms with E-state index >= 15 is 0 Å². The highest BCUT2D eigenvalue weighted by Gasteiger charge is 2.01. The summed E-state index contributed by atoms with van der Waals surface area (Å²) < 4.78 is 18.7. The molecule has 0 saturated heterocycles. The molecule has 2 N–H and O–H groups in total. The molecule has 0 aliphatic rings. The summed E-state index contributed by atoms with van der Waals surface area (Å²) >= 11 is 0. The van der Waals surface area contributed by atoms with E-state index in [1.165, 1.54) is 12.1 Å². The molecule has 2 rings (SSSR count). The van der Waals surface area contributed by atoms with Crippen molar-refractivity contribution in [3.63, 3.8) is 0 Å². The zero-order chi connectivity index (χ0) is 12.1. The summed E-state index contributed by atoms with van der Waals surface area (Å²) in [5.41, 5.74) is 7.25. The van der Waals surface area contributed by atoms with Gasteiger partial charge in [-0.25, -0.2) is 4.39 Å². The SMILES string of the molecule is NCc1cc(F)cc(OCc2ccccc2)c1. The van der Waals surface area contributed by atoms with E-state index in [2.05, 4.69) is 0 Å². The Balaban J connectivity index is 2.06. The Hall–Kier alpha value is -1.87. The molecule has 0 fully saturated rings. The first-order valence-corrected chi connectivity index (χ1v) is 5.44. The van der Waals surface area contributed by atoms with E-state index in [1.54, 1.807) is 6.07 Å². The van der Waals surface area contributed by atoms with Gasteiger partial charge in [0.2, 0.25) is 0 Å². The van der Waals surface area contributed by atoms with Crippen LogP contribution in [0, 0.1) is 5.82 Å². The van der Waals surface area contributed by atoms with Crippen molar-refractivity contribution in [2.45, 2.75) is 13.2 Å². The molecule has 0 saturated carbocycles. The largest absolute Gasteiger partial charge is 0.489 e. The number of hydrogen-bond acceptors (Lipinski definition) is 2. The lowest BCUT2D eigenvalue weighted by molar-refractivity contribution is 0.304. The second-order valence-electron chi connectivity index (χ2n) is 3.77. The lowest BCUT2D eigenvalue weighted by Crippen LogP contribution is -2.00. The van der Waals surface area contributed by atoms with E-state index in [4.69, 9.17) is 10.5 Å². The smallest absolute Gasteiger partial charge is 0.127 e. The van der Waals surface area contributed by atoms with Gasteiger partial charge in [0.15, 0.2) is 0 Å². The molecule has 2 aromatic carbocycles. The fourth-order valence-corrected chi connectivity index (χ4v) is 1.56. The topological polar surface area (TPSA) is 35.2 Å². The van der Waals surface area contributed by atoms with Crippen LogP contribution in [0.2, 0.25) is 0 Å². The Morgan fingerprint density at radius 3 is 2.47 bits per heavy atom. The van der Waals surface area contributed by atoms with Crippen molar-refractivity contribution >= 4 is 0 Å². The van der Waals surface area contributed by atoms with Crippen LogP contribution in [0.4, 0.5) is 4.39 Å². The first-order valence-electron chi connectivity index (χ1n) is 5.44. The minimum Gasteiger partial charge on any atom is -0.489 e. The normalized spacial score (nSPS) is 10.2. The minimum absolute atomic E-state index is 0.305. The number of hydrogen-bond donors (Lipinski definition) is 1. The van der Waals surface area contributed by atoms with Gasteiger partial charge in [0.25, 0.3) is 0 Å². The van der Waals surface area contributed by atoms with Crippen LogP contribution in [-0.4, -0.2) is 0 Å². The molecule has 0 aliphatic carbocycles. The van der Waals surface area contributed by atoms with E-state index in [9.17, 15) is 4.39 Å². The van der Waals surface area contributed by atoms with Crippen molar-refractivity contribution in [3.05, 3.63) is 65.5 Å². The molecule has 17 heavy (non-hydrogen) atoms. The van der Waals surface area contributed by atoms with Crippen molar-refractivity contribution in [3.8, 4) is 5.75 Å². The van der Waals surface area contributed by atoms with Gasteiger partial charge in [-0.05, 0) is 23.3 Å². The van der Waals surface area contributed by atoms with E-state index in [0.29, 0.717) is 18.9 Å². The molecule has 0 aromatic heterocycles. The summed E-state index contributed by atoms with van der Waals surface area (Å²) in [7, 11) is 0. The maximum Gasteiger partial charge on any atom is 0.127 e. The highest BCUT2D eigenvalue weighted by molar-refractivity contribution is 5.30. The Morgan fingerprint density at radius 1 is 1.00 bits per heavy atom. The Bertz CT molecular complexity index is 485. The maximum atomic E-state index is 13.2. The van der Waals surface area contributed by atoms with E-state index < -0.39 is 0 Å². The van der Waals surface area contributed by atoms with Crippen molar-refractivity contribution in [1.29, 1.82) is 0 Å². The zero-order valence-electron chi connectivity index (χ0n) is 9.40. The number of nitrogens with two attached hydrogens (primary N) is 1. The highest BCUT2D eigenvalue weighted by atomic mass is 19.1. The second kappa shape index (κ2) is 5.46.